The lowest BCUT2D eigenvalue weighted by atomic mass is 10.1. The molecule has 0 bridgehead atoms. The standard InChI is InChI=1S/C17H21NO4/c1-10(2)6-16-18-13(17(19)22-16)8-12-9-14(20-4)11(3)7-15(12)21-5/h7-10H,6H2,1-5H3/b13-8+. The zero-order chi connectivity index (χ0) is 16.3. The number of nitrogens with zero attached hydrogens (tertiary/aromatic N) is 1. The fraction of sp³-hybridized carbons (Fsp3) is 0.412. The Morgan fingerprint density at radius 3 is 2.50 bits per heavy atom. The quantitative estimate of drug-likeness (QED) is 0.618. The number of ether oxygens (including phenoxy) is 3. The molecule has 1 aromatic carbocycles. The van der Waals surface area contributed by atoms with E-state index >= 15 is 0 Å². The lowest BCUT2D eigenvalue weighted by Gasteiger charge is -2.10. The van der Waals surface area contributed by atoms with Gasteiger partial charge in [-0.3, -0.25) is 0 Å². The number of rotatable bonds is 5. The number of carbonyl (C=O) groups is 1. The van der Waals surface area contributed by atoms with E-state index in [-0.39, 0.29) is 5.70 Å². The van der Waals surface area contributed by atoms with Crippen molar-refractivity contribution in [2.45, 2.75) is 27.2 Å². The number of hydrogen-bond acceptors (Lipinski definition) is 5. The van der Waals surface area contributed by atoms with E-state index in [9.17, 15) is 4.79 Å². The largest absolute Gasteiger partial charge is 0.496 e. The minimum Gasteiger partial charge on any atom is -0.496 e. The second kappa shape index (κ2) is 6.64. The third kappa shape index (κ3) is 3.47. The lowest BCUT2D eigenvalue weighted by Crippen LogP contribution is -2.06. The molecular weight excluding hydrogens is 282 g/mol. The van der Waals surface area contributed by atoms with E-state index in [1.165, 1.54) is 0 Å². The fourth-order valence-corrected chi connectivity index (χ4v) is 2.22. The van der Waals surface area contributed by atoms with Gasteiger partial charge in [-0.1, -0.05) is 13.8 Å². The Morgan fingerprint density at radius 1 is 1.23 bits per heavy atom. The third-order valence-corrected chi connectivity index (χ3v) is 3.29. The molecule has 0 radical (unpaired) electrons. The predicted octanol–water partition coefficient (Wildman–Crippen LogP) is 3.35. The molecule has 0 aromatic heterocycles. The first-order chi connectivity index (χ1) is 10.4. The average Bonchev–Trinajstić information content (AvgIpc) is 2.79. The van der Waals surface area contributed by atoms with Crippen LogP contribution in [0.3, 0.4) is 0 Å². The monoisotopic (exact) mass is 303 g/mol. The number of esters is 1. The maximum Gasteiger partial charge on any atom is 0.363 e. The van der Waals surface area contributed by atoms with Crippen molar-refractivity contribution in [2.75, 3.05) is 14.2 Å². The van der Waals surface area contributed by atoms with Gasteiger partial charge >= 0.3 is 5.97 Å². The Bertz CT molecular complexity index is 644. The summed E-state index contributed by atoms with van der Waals surface area (Å²) in [4.78, 5) is 16.2. The van der Waals surface area contributed by atoms with Crippen molar-refractivity contribution in [3.8, 4) is 11.5 Å². The first-order valence-corrected chi connectivity index (χ1v) is 7.18. The van der Waals surface area contributed by atoms with Crippen LogP contribution in [0.4, 0.5) is 0 Å². The van der Waals surface area contributed by atoms with E-state index in [2.05, 4.69) is 4.99 Å². The van der Waals surface area contributed by atoms with Crippen LogP contribution < -0.4 is 9.47 Å². The van der Waals surface area contributed by atoms with Gasteiger partial charge in [0.2, 0.25) is 0 Å². The molecule has 0 fully saturated rings. The normalized spacial score (nSPS) is 16.0. The van der Waals surface area contributed by atoms with Gasteiger partial charge in [-0.15, -0.1) is 0 Å². The molecule has 5 nitrogen and oxygen atoms in total. The van der Waals surface area contributed by atoms with Gasteiger partial charge < -0.3 is 14.2 Å². The van der Waals surface area contributed by atoms with Crippen LogP contribution in [-0.2, 0) is 9.53 Å². The Labute approximate surface area is 130 Å². The topological polar surface area (TPSA) is 57.1 Å². The molecule has 5 heteroatoms. The Morgan fingerprint density at radius 2 is 1.91 bits per heavy atom. The van der Waals surface area contributed by atoms with Gasteiger partial charge in [-0.05, 0) is 36.6 Å². The van der Waals surface area contributed by atoms with Crippen LogP contribution in [0.25, 0.3) is 6.08 Å². The lowest BCUT2D eigenvalue weighted by molar-refractivity contribution is -0.130. The third-order valence-electron chi connectivity index (χ3n) is 3.29. The summed E-state index contributed by atoms with van der Waals surface area (Å²) in [6, 6.07) is 3.69. The van der Waals surface area contributed by atoms with Gasteiger partial charge in [0.1, 0.15) is 11.5 Å². The van der Waals surface area contributed by atoms with Crippen LogP contribution in [0.2, 0.25) is 0 Å². The number of cyclic esters (lactones) is 1. The molecule has 1 aromatic rings. The van der Waals surface area contributed by atoms with E-state index in [0.29, 0.717) is 24.0 Å². The molecule has 0 saturated heterocycles. The maximum absolute atomic E-state index is 11.9. The number of methoxy groups -OCH3 is 2. The first-order valence-electron chi connectivity index (χ1n) is 7.18. The summed E-state index contributed by atoms with van der Waals surface area (Å²) < 4.78 is 15.9. The summed E-state index contributed by atoms with van der Waals surface area (Å²) in [5.74, 6) is 1.79. The number of hydrogen-bond donors (Lipinski definition) is 0. The summed E-state index contributed by atoms with van der Waals surface area (Å²) in [5.41, 5.74) is 1.96. The summed E-state index contributed by atoms with van der Waals surface area (Å²) in [6.07, 6.45) is 2.30. The molecule has 0 N–H and O–H groups in total. The van der Waals surface area contributed by atoms with Crippen molar-refractivity contribution in [3.63, 3.8) is 0 Å². The molecular formula is C17H21NO4. The number of benzene rings is 1. The highest BCUT2D eigenvalue weighted by Crippen LogP contribution is 2.31. The highest BCUT2D eigenvalue weighted by Gasteiger charge is 2.24. The Balaban J connectivity index is 2.39. The van der Waals surface area contributed by atoms with Gasteiger partial charge in [-0.25, -0.2) is 9.79 Å². The molecule has 118 valence electrons. The van der Waals surface area contributed by atoms with Gasteiger partial charge in [-0.2, -0.15) is 0 Å². The first kappa shape index (κ1) is 16.1. The fourth-order valence-electron chi connectivity index (χ4n) is 2.22. The van der Waals surface area contributed by atoms with E-state index in [4.69, 9.17) is 14.2 Å². The van der Waals surface area contributed by atoms with E-state index in [1.807, 2.05) is 32.9 Å². The van der Waals surface area contributed by atoms with Crippen LogP contribution in [0.1, 0.15) is 31.4 Å². The second-order valence-electron chi connectivity index (χ2n) is 5.59. The van der Waals surface area contributed by atoms with Crippen LogP contribution >= 0.6 is 0 Å². The number of carbonyl (C=O) groups excluding carboxylic acids is 1. The SMILES string of the molecule is COc1cc(/C=C2/N=C(CC(C)C)OC2=O)c(OC)cc1C. The molecule has 0 unspecified atom stereocenters. The molecule has 1 aliphatic rings. The van der Waals surface area contributed by atoms with Gasteiger partial charge in [0, 0.05) is 12.0 Å². The van der Waals surface area contributed by atoms with Crippen molar-refractivity contribution in [1.82, 2.24) is 0 Å². The highest BCUT2D eigenvalue weighted by atomic mass is 16.6. The van der Waals surface area contributed by atoms with Crippen molar-refractivity contribution in [1.29, 1.82) is 0 Å². The summed E-state index contributed by atoms with van der Waals surface area (Å²) in [7, 11) is 3.19. The maximum atomic E-state index is 11.9. The van der Waals surface area contributed by atoms with Crippen LogP contribution in [-0.4, -0.2) is 26.1 Å². The van der Waals surface area contributed by atoms with E-state index in [0.717, 1.165) is 16.9 Å². The summed E-state index contributed by atoms with van der Waals surface area (Å²) in [5, 5.41) is 0. The Kier molecular flexibility index (Phi) is 4.85. The number of aryl methyl sites for hydroxylation is 1. The molecule has 1 aliphatic heterocycles. The van der Waals surface area contributed by atoms with Crippen molar-refractivity contribution >= 4 is 17.9 Å². The zero-order valence-electron chi connectivity index (χ0n) is 13.6. The smallest absolute Gasteiger partial charge is 0.363 e. The van der Waals surface area contributed by atoms with Crippen LogP contribution in [0.5, 0.6) is 11.5 Å². The molecule has 0 amide bonds. The van der Waals surface area contributed by atoms with Crippen molar-refractivity contribution in [3.05, 3.63) is 29.0 Å². The average molecular weight is 303 g/mol. The van der Waals surface area contributed by atoms with Crippen molar-refractivity contribution in [2.24, 2.45) is 10.9 Å². The summed E-state index contributed by atoms with van der Waals surface area (Å²) in [6.45, 7) is 6.03. The molecule has 1 heterocycles. The predicted molar refractivity (Wildman–Crippen MR) is 85.2 cm³/mol. The van der Waals surface area contributed by atoms with E-state index in [1.54, 1.807) is 20.3 Å². The molecule has 22 heavy (non-hydrogen) atoms. The second-order valence-corrected chi connectivity index (χ2v) is 5.59. The molecule has 0 atom stereocenters. The van der Waals surface area contributed by atoms with Crippen LogP contribution in [0, 0.1) is 12.8 Å². The summed E-state index contributed by atoms with van der Waals surface area (Å²) >= 11 is 0. The number of aliphatic imine (C=N–C) groups is 1. The van der Waals surface area contributed by atoms with Gasteiger partial charge in [0.15, 0.2) is 11.6 Å². The van der Waals surface area contributed by atoms with E-state index < -0.39 is 5.97 Å². The van der Waals surface area contributed by atoms with Gasteiger partial charge in [0.25, 0.3) is 0 Å². The minimum absolute atomic E-state index is 0.278. The van der Waals surface area contributed by atoms with Crippen LogP contribution in [0.15, 0.2) is 22.8 Å². The molecule has 0 spiro atoms. The Hall–Kier alpha value is -2.30. The van der Waals surface area contributed by atoms with Gasteiger partial charge in [0.05, 0.1) is 14.2 Å². The molecule has 2 rings (SSSR count). The highest BCUT2D eigenvalue weighted by molar-refractivity contribution is 6.07. The van der Waals surface area contributed by atoms with Crippen molar-refractivity contribution < 1.29 is 19.0 Å². The molecule has 0 saturated carbocycles. The zero-order valence-corrected chi connectivity index (χ0v) is 13.6. The minimum atomic E-state index is -0.433. The molecule has 0 aliphatic carbocycles.